The molecule has 1 aromatic carbocycles. The maximum atomic E-state index is 10.1. The number of aliphatic hydroxyl groups is 1. The number of nitrogens with zero attached hydrogens (tertiary/aromatic N) is 1. The lowest BCUT2D eigenvalue weighted by Gasteiger charge is -2.16. The van der Waals surface area contributed by atoms with Gasteiger partial charge in [0.15, 0.2) is 0 Å². The van der Waals surface area contributed by atoms with Crippen LogP contribution in [0.25, 0.3) is 0 Å². The number of aryl methyl sites for hydroxylation is 1. The first-order chi connectivity index (χ1) is 8.16. The van der Waals surface area contributed by atoms with E-state index in [1.807, 2.05) is 42.6 Å². The van der Waals surface area contributed by atoms with E-state index in [2.05, 4.69) is 4.98 Å². The second-order valence-electron chi connectivity index (χ2n) is 4.13. The smallest absolute Gasteiger partial charge is 0.123 e. The fourth-order valence-electron chi connectivity index (χ4n) is 1.69. The summed E-state index contributed by atoms with van der Waals surface area (Å²) in [7, 11) is 0. The number of aliphatic hydroxyl groups excluding tert-OH is 1. The summed E-state index contributed by atoms with van der Waals surface area (Å²) in [6.45, 7) is 1.91. The van der Waals surface area contributed by atoms with Gasteiger partial charge in [0.05, 0.1) is 0 Å². The SMILES string of the molecule is Cc1csc(C(O)C(N)Cc2ccccc2)n1. The van der Waals surface area contributed by atoms with E-state index in [4.69, 9.17) is 5.73 Å². The summed E-state index contributed by atoms with van der Waals surface area (Å²) in [6.07, 6.45) is -0.0328. The van der Waals surface area contributed by atoms with Crippen LogP contribution < -0.4 is 5.73 Å². The van der Waals surface area contributed by atoms with Crippen LogP contribution in [0, 0.1) is 6.92 Å². The Morgan fingerprint density at radius 2 is 2.06 bits per heavy atom. The summed E-state index contributed by atoms with van der Waals surface area (Å²) in [6, 6.07) is 9.63. The van der Waals surface area contributed by atoms with Crippen LogP contribution in [-0.4, -0.2) is 16.1 Å². The van der Waals surface area contributed by atoms with Crippen molar-refractivity contribution in [1.29, 1.82) is 0 Å². The van der Waals surface area contributed by atoms with Gasteiger partial charge in [-0.25, -0.2) is 4.98 Å². The molecule has 2 aromatic rings. The quantitative estimate of drug-likeness (QED) is 0.870. The van der Waals surface area contributed by atoms with E-state index in [-0.39, 0.29) is 6.04 Å². The predicted octanol–water partition coefficient (Wildman–Crippen LogP) is 2.05. The number of hydrogen-bond acceptors (Lipinski definition) is 4. The molecule has 3 N–H and O–H groups in total. The Labute approximate surface area is 105 Å². The number of nitrogens with two attached hydrogens (primary N) is 1. The van der Waals surface area contributed by atoms with E-state index in [9.17, 15) is 5.11 Å². The monoisotopic (exact) mass is 248 g/mol. The molecule has 17 heavy (non-hydrogen) atoms. The summed E-state index contributed by atoms with van der Waals surface area (Å²) in [5, 5.41) is 12.7. The summed E-state index contributed by atoms with van der Waals surface area (Å²) in [4.78, 5) is 4.26. The summed E-state index contributed by atoms with van der Waals surface area (Å²) >= 11 is 1.46. The molecule has 2 rings (SSSR count). The topological polar surface area (TPSA) is 59.1 Å². The van der Waals surface area contributed by atoms with Crippen molar-refractivity contribution in [1.82, 2.24) is 4.98 Å². The van der Waals surface area contributed by atoms with Gasteiger partial charge < -0.3 is 10.8 Å². The molecule has 2 unspecified atom stereocenters. The van der Waals surface area contributed by atoms with Crippen molar-refractivity contribution in [3.8, 4) is 0 Å². The molecule has 90 valence electrons. The van der Waals surface area contributed by atoms with Crippen molar-refractivity contribution < 1.29 is 5.11 Å². The number of benzene rings is 1. The number of hydrogen-bond donors (Lipinski definition) is 2. The second-order valence-corrected chi connectivity index (χ2v) is 5.02. The summed E-state index contributed by atoms with van der Waals surface area (Å²) in [5.41, 5.74) is 8.07. The zero-order valence-corrected chi connectivity index (χ0v) is 10.5. The minimum absolute atomic E-state index is 0.317. The maximum absolute atomic E-state index is 10.1. The Morgan fingerprint density at radius 3 is 2.65 bits per heavy atom. The van der Waals surface area contributed by atoms with Gasteiger partial charge in [-0.3, -0.25) is 0 Å². The largest absolute Gasteiger partial charge is 0.384 e. The molecular formula is C13H16N2OS. The first-order valence-corrected chi connectivity index (χ1v) is 6.44. The Morgan fingerprint density at radius 1 is 1.35 bits per heavy atom. The van der Waals surface area contributed by atoms with Crippen LogP contribution in [0.2, 0.25) is 0 Å². The second kappa shape index (κ2) is 5.40. The molecule has 0 amide bonds. The molecule has 0 spiro atoms. The third-order valence-corrected chi connectivity index (χ3v) is 3.64. The third-order valence-electron chi connectivity index (χ3n) is 2.61. The highest BCUT2D eigenvalue weighted by Crippen LogP contribution is 2.21. The molecule has 0 bridgehead atoms. The molecule has 3 nitrogen and oxygen atoms in total. The first kappa shape index (κ1) is 12.2. The molecule has 0 aliphatic rings. The van der Waals surface area contributed by atoms with E-state index < -0.39 is 6.10 Å². The molecule has 1 aromatic heterocycles. The summed E-state index contributed by atoms with van der Waals surface area (Å²) < 4.78 is 0. The lowest BCUT2D eigenvalue weighted by atomic mass is 10.0. The Balaban J connectivity index is 2.03. The third kappa shape index (κ3) is 3.12. The van der Waals surface area contributed by atoms with Crippen LogP contribution in [-0.2, 0) is 6.42 Å². The van der Waals surface area contributed by atoms with Crippen LogP contribution in [0.5, 0.6) is 0 Å². The fourth-order valence-corrected chi connectivity index (χ4v) is 2.54. The van der Waals surface area contributed by atoms with Gasteiger partial charge in [-0.1, -0.05) is 30.3 Å². The van der Waals surface area contributed by atoms with Crippen LogP contribution in [0.1, 0.15) is 22.4 Å². The zero-order chi connectivity index (χ0) is 12.3. The molecule has 0 aliphatic heterocycles. The van der Waals surface area contributed by atoms with Gasteiger partial charge in [0.1, 0.15) is 11.1 Å². The van der Waals surface area contributed by atoms with E-state index in [1.165, 1.54) is 11.3 Å². The standard InChI is InChI=1S/C13H16N2OS/c1-9-8-17-13(15-9)12(16)11(14)7-10-5-3-2-4-6-10/h2-6,8,11-12,16H,7,14H2,1H3. The van der Waals surface area contributed by atoms with Crippen LogP contribution >= 0.6 is 11.3 Å². The lowest BCUT2D eigenvalue weighted by Crippen LogP contribution is -2.30. The van der Waals surface area contributed by atoms with Crippen LogP contribution in [0.4, 0.5) is 0 Å². The van der Waals surface area contributed by atoms with Crippen molar-refractivity contribution in [3.05, 3.63) is 52.0 Å². The molecule has 0 saturated heterocycles. The molecule has 0 aliphatic carbocycles. The highest BCUT2D eigenvalue weighted by molar-refractivity contribution is 7.09. The van der Waals surface area contributed by atoms with E-state index in [1.54, 1.807) is 0 Å². The summed E-state index contributed by atoms with van der Waals surface area (Å²) in [5.74, 6) is 0. The molecule has 4 heteroatoms. The average molecular weight is 248 g/mol. The first-order valence-electron chi connectivity index (χ1n) is 5.56. The Bertz CT molecular complexity index is 469. The van der Waals surface area contributed by atoms with Crippen molar-refractivity contribution in [2.75, 3.05) is 0 Å². The average Bonchev–Trinajstić information content (AvgIpc) is 2.76. The maximum Gasteiger partial charge on any atom is 0.123 e. The van der Waals surface area contributed by atoms with Gasteiger partial charge in [0.25, 0.3) is 0 Å². The van der Waals surface area contributed by atoms with Gasteiger partial charge in [-0.15, -0.1) is 11.3 Å². The normalized spacial score (nSPS) is 14.5. The van der Waals surface area contributed by atoms with Crippen LogP contribution in [0.15, 0.2) is 35.7 Å². The van der Waals surface area contributed by atoms with Gasteiger partial charge in [0, 0.05) is 17.1 Å². The molecular weight excluding hydrogens is 232 g/mol. The number of aromatic nitrogens is 1. The zero-order valence-electron chi connectivity index (χ0n) is 9.71. The van der Waals surface area contributed by atoms with E-state index >= 15 is 0 Å². The molecule has 1 heterocycles. The van der Waals surface area contributed by atoms with Crippen molar-refractivity contribution in [2.24, 2.45) is 5.73 Å². The van der Waals surface area contributed by atoms with Crippen molar-refractivity contribution in [3.63, 3.8) is 0 Å². The molecule has 0 fully saturated rings. The molecule has 2 atom stereocenters. The van der Waals surface area contributed by atoms with Gasteiger partial charge in [-0.2, -0.15) is 0 Å². The minimum Gasteiger partial charge on any atom is -0.384 e. The Kier molecular flexibility index (Phi) is 3.89. The van der Waals surface area contributed by atoms with Gasteiger partial charge in [0.2, 0.25) is 0 Å². The predicted molar refractivity (Wildman–Crippen MR) is 69.9 cm³/mol. The van der Waals surface area contributed by atoms with Crippen molar-refractivity contribution >= 4 is 11.3 Å². The van der Waals surface area contributed by atoms with E-state index in [0.29, 0.717) is 11.4 Å². The van der Waals surface area contributed by atoms with Gasteiger partial charge in [-0.05, 0) is 18.9 Å². The molecule has 0 radical (unpaired) electrons. The van der Waals surface area contributed by atoms with E-state index in [0.717, 1.165) is 11.3 Å². The highest BCUT2D eigenvalue weighted by Gasteiger charge is 2.19. The van der Waals surface area contributed by atoms with Crippen LogP contribution in [0.3, 0.4) is 0 Å². The minimum atomic E-state index is -0.686. The fraction of sp³-hybridized carbons (Fsp3) is 0.308. The number of thiazole rings is 1. The Hall–Kier alpha value is -1.23. The molecule has 0 saturated carbocycles. The number of rotatable bonds is 4. The lowest BCUT2D eigenvalue weighted by molar-refractivity contribution is 0.145. The highest BCUT2D eigenvalue weighted by atomic mass is 32.1. The van der Waals surface area contributed by atoms with Gasteiger partial charge >= 0.3 is 0 Å². The van der Waals surface area contributed by atoms with Crippen molar-refractivity contribution in [2.45, 2.75) is 25.5 Å².